The largest absolute Gasteiger partial charge is 0.386 e. The van der Waals surface area contributed by atoms with Crippen molar-refractivity contribution in [3.63, 3.8) is 0 Å². The summed E-state index contributed by atoms with van der Waals surface area (Å²) in [6.45, 7) is 7.37. The molecule has 2 unspecified atom stereocenters. The first-order valence-corrected chi connectivity index (χ1v) is 8.07. The Labute approximate surface area is 155 Å². The van der Waals surface area contributed by atoms with Crippen LogP contribution in [0.2, 0.25) is 0 Å². The van der Waals surface area contributed by atoms with Crippen LogP contribution >= 0.6 is 24.0 Å². The highest BCUT2D eigenvalue weighted by molar-refractivity contribution is 14.0. The van der Waals surface area contributed by atoms with Gasteiger partial charge in [0.1, 0.15) is 5.82 Å². The molecule has 2 N–H and O–H groups in total. The Kier molecular flexibility index (Phi) is 8.83. The lowest BCUT2D eigenvalue weighted by molar-refractivity contribution is 0.185. The molecule has 0 radical (unpaired) electrons. The maximum Gasteiger partial charge on any atom is 0.194 e. The molecule has 0 amide bonds. The maximum absolute atomic E-state index is 12.9. The van der Waals surface area contributed by atoms with E-state index < -0.39 is 6.10 Å². The summed E-state index contributed by atoms with van der Waals surface area (Å²) < 4.78 is 12.9. The molecule has 1 aromatic rings. The molecule has 6 heteroatoms. The summed E-state index contributed by atoms with van der Waals surface area (Å²) in [4.78, 5) is 6.82. The van der Waals surface area contributed by atoms with Crippen molar-refractivity contribution in [1.29, 1.82) is 0 Å². The molecule has 2 rings (SSSR count). The van der Waals surface area contributed by atoms with Gasteiger partial charge in [0.2, 0.25) is 0 Å². The maximum atomic E-state index is 12.9. The molecule has 0 saturated carbocycles. The van der Waals surface area contributed by atoms with E-state index in [1.807, 2.05) is 6.92 Å². The zero-order valence-electron chi connectivity index (χ0n) is 13.8. The summed E-state index contributed by atoms with van der Waals surface area (Å²) in [6, 6.07) is 5.93. The van der Waals surface area contributed by atoms with E-state index in [1.54, 1.807) is 12.1 Å². The zero-order valence-corrected chi connectivity index (χ0v) is 16.2. The van der Waals surface area contributed by atoms with Gasteiger partial charge in [0, 0.05) is 19.6 Å². The molecule has 1 fully saturated rings. The minimum absolute atomic E-state index is 0. The fourth-order valence-corrected chi connectivity index (χ4v) is 2.77. The van der Waals surface area contributed by atoms with Crippen LogP contribution in [0.1, 0.15) is 38.4 Å². The monoisotopic (exact) mass is 435 g/mol. The molecule has 0 spiro atoms. The predicted octanol–water partition coefficient (Wildman–Crippen LogP) is 3.17. The summed E-state index contributed by atoms with van der Waals surface area (Å²) in [6.07, 6.45) is 1.72. The van der Waals surface area contributed by atoms with Gasteiger partial charge >= 0.3 is 0 Å². The van der Waals surface area contributed by atoms with Gasteiger partial charge in [-0.2, -0.15) is 0 Å². The number of guanidine groups is 1. The van der Waals surface area contributed by atoms with E-state index >= 15 is 0 Å². The summed E-state index contributed by atoms with van der Waals surface area (Å²) >= 11 is 0. The molecule has 130 valence electrons. The number of hydrogen-bond acceptors (Lipinski definition) is 2. The van der Waals surface area contributed by atoms with Gasteiger partial charge in [0.05, 0.1) is 12.6 Å². The van der Waals surface area contributed by atoms with Crippen LogP contribution in [0, 0.1) is 11.7 Å². The van der Waals surface area contributed by atoms with E-state index in [0.29, 0.717) is 11.5 Å². The first-order valence-electron chi connectivity index (χ1n) is 8.07. The minimum Gasteiger partial charge on any atom is -0.386 e. The van der Waals surface area contributed by atoms with Crippen molar-refractivity contribution >= 4 is 29.9 Å². The summed E-state index contributed by atoms with van der Waals surface area (Å²) in [7, 11) is 0. The number of aliphatic imine (C=N–C) groups is 1. The van der Waals surface area contributed by atoms with Gasteiger partial charge in [-0.15, -0.1) is 24.0 Å². The number of aliphatic hydroxyl groups is 1. The fourth-order valence-electron chi connectivity index (χ4n) is 2.77. The van der Waals surface area contributed by atoms with Gasteiger partial charge in [-0.25, -0.2) is 4.39 Å². The molecule has 1 aliphatic heterocycles. The van der Waals surface area contributed by atoms with E-state index in [-0.39, 0.29) is 36.3 Å². The molecule has 4 nitrogen and oxygen atoms in total. The lowest BCUT2D eigenvalue weighted by Crippen LogP contribution is -2.46. The molecule has 2 atom stereocenters. The number of benzene rings is 1. The molecule has 0 aromatic heterocycles. The van der Waals surface area contributed by atoms with Crippen molar-refractivity contribution < 1.29 is 9.50 Å². The van der Waals surface area contributed by atoms with Crippen LogP contribution in [0.4, 0.5) is 4.39 Å². The Morgan fingerprint density at radius 3 is 2.74 bits per heavy atom. The minimum atomic E-state index is -0.712. The summed E-state index contributed by atoms with van der Waals surface area (Å²) in [5.41, 5.74) is 0.688. The number of likely N-dealkylation sites (tertiary alicyclic amines) is 1. The SMILES string of the molecule is CCNC(=NCC(O)c1ccc(F)cc1)N1CCCC(C)C1.I. The van der Waals surface area contributed by atoms with Gasteiger partial charge in [0.15, 0.2) is 5.96 Å². The average molecular weight is 435 g/mol. The first kappa shape index (κ1) is 20.2. The molecule has 1 saturated heterocycles. The van der Waals surface area contributed by atoms with Gasteiger partial charge in [-0.3, -0.25) is 4.99 Å². The molecular formula is C17H27FIN3O. The Morgan fingerprint density at radius 2 is 2.13 bits per heavy atom. The second-order valence-electron chi connectivity index (χ2n) is 5.96. The summed E-state index contributed by atoms with van der Waals surface area (Å²) in [5, 5.41) is 13.5. The van der Waals surface area contributed by atoms with Crippen LogP contribution in [0.5, 0.6) is 0 Å². The summed E-state index contributed by atoms with van der Waals surface area (Å²) in [5.74, 6) is 1.23. The molecule has 0 aliphatic carbocycles. The van der Waals surface area contributed by atoms with Crippen LogP contribution in [0.3, 0.4) is 0 Å². The van der Waals surface area contributed by atoms with E-state index in [4.69, 9.17) is 0 Å². The quantitative estimate of drug-likeness (QED) is 0.434. The van der Waals surface area contributed by atoms with Crippen molar-refractivity contribution in [2.75, 3.05) is 26.2 Å². The number of aliphatic hydroxyl groups excluding tert-OH is 1. The molecule has 0 bridgehead atoms. The number of nitrogens with zero attached hydrogens (tertiary/aromatic N) is 2. The zero-order chi connectivity index (χ0) is 15.9. The number of nitrogens with one attached hydrogen (secondary N) is 1. The van der Waals surface area contributed by atoms with Crippen molar-refractivity contribution in [2.45, 2.75) is 32.8 Å². The van der Waals surface area contributed by atoms with Gasteiger partial charge < -0.3 is 15.3 Å². The van der Waals surface area contributed by atoms with E-state index in [1.165, 1.54) is 25.0 Å². The van der Waals surface area contributed by atoms with Crippen LogP contribution in [-0.2, 0) is 0 Å². The highest BCUT2D eigenvalue weighted by atomic mass is 127. The third-order valence-corrected chi connectivity index (χ3v) is 3.96. The molecule has 23 heavy (non-hydrogen) atoms. The second kappa shape index (κ2) is 10.1. The van der Waals surface area contributed by atoms with Crippen LogP contribution in [0.15, 0.2) is 29.3 Å². The number of halogens is 2. The molecule has 1 aromatic carbocycles. The smallest absolute Gasteiger partial charge is 0.194 e. The third kappa shape index (κ3) is 6.25. The third-order valence-electron chi connectivity index (χ3n) is 3.96. The Hall–Kier alpha value is -0.890. The van der Waals surface area contributed by atoms with Crippen molar-refractivity contribution in [3.8, 4) is 0 Å². The average Bonchev–Trinajstić information content (AvgIpc) is 2.52. The molecule has 1 aliphatic rings. The Morgan fingerprint density at radius 1 is 1.43 bits per heavy atom. The predicted molar refractivity (Wildman–Crippen MR) is 103 cm³/mol. The van der Waals surface area contributed by atoms with E-state index in [0.717, 1.165) is 25.6 Å². The number of rotatable bonds is 4. The van der Waals surface area contributed by atoms with Crippen LogP contribution in [0.25, 0.3) is 0 Å². The van der Waals surface area contributed by atoms with Gasteiger partial charge in [-0.1, -0.05) is 19.1 Å². The first-order chi connectivity index (χ1) is 10.6. The molecular weight excluding hydrogens is 408 g/mol. The van der Waals surface area contributed by atoms with Crippen molar-refractivity contribution in [2.24, 2.45) is 10.9 Å². The van der Waals surface area contributed by atoms with Crippen molar-refractivity contribution in [1.82, 2.24) is 10.2 Å². The van der Waals surface area contributed by atoms with E-state index in [2.05, 4.69) is 22.1 Å². The molecule has 1 heterocycles. The lowest BCUT2D eigenvalue weighted by atomic mass is 10.0. The van der Waals surface area contributed by atoms with Crippen LogP contribution in [-0.4, -0.2) is 42.1 Å². The van der Waals surface area contributed by atoms with Crippen LogP contribution < -0.4 is 5.32 Å². The second-order valence-corrected chi connectivity index (χ2v) is 5.96. The lowest BCUT2D eigenvalue weighted by Gasteiger charge is -2.33. The number of hydrogen-bond donors (Lipinski definition) is 2. The Bertz CT molecular complexity index is 495. The Balaban J connectivity index is 0.00000264. The number of piperidine rings is 1. The van der Waals surface area contributed by atoms with Gasteiger partial charge in [0.25, 0.3) is 0 Å². The van der Waals surface area contributed by atoms with Crippen molar-refractivity contribution in [3.05, 3.63) is 35.6 Å². The highest BCUT2D eigenvalue weighted by Gasteiger charge is 2.19. The standard InChI is InChI=1S/C17H26FN3O.HI/c1-3-19-17(21-10-4-5-13(2)12-21)20-11-16(22)14-6-8-15(18)9-7-14;/h6-9,13,16,22H,3-5,10-12H2,1-2H3,(H,19,20);1H. The van der Waals surface area contributed by atoms with Gasteiger partial charge in [-0.05, 0) is 43.4 Å². The topological polar surface area (TPSA) is 47.9 Å². The van der Waals surface area contributed by atoms with E-state index in [9.17, 15) is 9.50 Å². The highest BCUT2D eigenvalue weighted by Crippen LogP contribution is 2.17. The fraction of sp³-hybridized carbons (Fsp3) is 0.588. The normalized spacial score (nSPS) is 19.9.